The fourth-order valence-electron chi connectivity index (χ4n) is 0.394. The van der Waals surface area contributed by atoms with E-state index in [0.717, 1.165) is 6.29 Å². The molecule has 7 heteroatoms. The Balaban J connectivity index is 4.25. The normalized spacial score (nSPS) is 17.2. The number of rotatable bonds is 5. The molecule has 1 radical (unpaired) electrons. The standard InChI is InChI=1S/C6H9O7/c7-1-4(10)5(11)13-6(12,2-8)3-9/h4,7-8,10,12H,1-2H2. The lowest BCUT2D eigenvalue weighted by Gasteiger charge is -2.19. The Bertz CT molecular complexity index is 191. The highest BCUT2D eigenvalue weighted by atomic mass is 16.7. The smallest absolute Gasteiger partial charge is 0.340 e. The molecule has 0 aliphatic heterocycles. The van der Waals surface area contributed by atoms with Gasteiger partial charge < -0.3 is 25.2 Å². The van der Waals surface area contributed by atoms with Gasteiger partial charge in [-0.1, -0.05) is 0 Å². The number of esters is 1. The van der Waals surface area contributed by atoms with Gasteiger partial charge in [0, 0.05) is 0 Å². The van der Waals surface area contributed by atoms with Crippen LogP contribution in [0.3, 0.4) is 0 Å². The second-order valence-electron chi connectivity index (χ2n) is 2.16. The van der Waals surface area contributed by atoms with Crippen LogP contribution in [0.2, 0.25) is 0 Å². The third kappa shape index (κ3) is 3.47. The average Bonchev–Trinajstić information content (AvgIpc) is 2.16. The SMILES string of the molecule is O=[C]C(O)(CO)OC(=O)C(O)CO. The van der Waals surface area contributed by atoms with E-state index in [0.29, 0.717) is 0 Å². The van der Waals surface area contributed by atoms with E-state index in [1.165, 1.54) is 0 Å². The first-order valence-corrected chi connectivity index (χ1v) is 3.23. The van der Waals surface area contributed by atoms with Gasteiger partial charge in [-0.05, 0) is 0 Å². The predicted molar refractivity (Wildman–Crippen MR) is 36.9 cm³/mol. The highest BCUT2D eigenvalue weighted by molar-refractivity contribution is 5.77. The van der Waals surface area contributed by atoms with Crippen molar-refractivity contribution in [3.63, 3.8) is 0 Å². The van der Waals surface area contributed by atoms with E-state index >= 15 is 0 Å². The molecule has 0 amide bonds. The van der Waals surface area contributed by atoms with Gasteiger partial charge in [-0.2, -0.15) is 0 Å². The maximum Gasteiger partial charge on any atom is 0.340 e. The molecule has 0 saturated carbocycles. The van der Waals surface area contributed by atoms with Gasteiger partial charge in [-0.3, -0.25) is 4.79 Å². The van der Waals surface area contributed by atoms with Crippen LogP contribution in [-0.2, 0) is 14.3 Å². The summed E-state index contributed by atoms with van der Waals surface area (Å²) in [6.45, 7) is -2.10. The predicted octanol–water partition coefficient (Wildman–Crippen LogP) is -3.33. The lowest BCUT2D eigenvalue weighted by atomic mass is 10.3. The maximum absolute atomic E-state index is 10.6. The largest absolute Gasteiger partial charge is 0.420 e. The molecule has 7 nitrogen and oxygen atoms in total. The lowest BCUT2D eigenvalue weighted by Crippen LogP contribution is -2.43. The summed E-state index contributed by atoms with van der Waals surface area (Å²) in [7, 11) is 0. The van der Waals surface area contributed by atoms with E-state index in [2.05, 4.69) is 4.74 Å². The van der Waals surface area contributed by atoms with Crippen LogP contribution in [0.15, 0.2) is 0 Å². The molecule has 0 spiro atoms. The minimum atomic E-state index is -2.78. The molecular formula is C6H9O7. The van der Waals surface area contributed by atoms with Crippen molar-refractivity contribution < 1.29 is 34.8 Å². The van der Waals surface area contributed by atoms with Gasteiger partial charge in [0.15, 0.2) is 6.10 Å². The van der Waals surface area contributed by atoms with Crippen LogP contribution < -0.4 is 0 Å². The fraction of sp³-hybridized carbons (Fsp3) is 0.667. The molecule has 0 saturated heterocycles. The summed E-state index contributed by atoms with van der Waals surface area (Å²) >= 11 is 0. The zero-order valence-electron chi connectivity index (χ0n) is 6.51. The second kappa shape index (κ2) is 4.87. The molecular weight excluding hydrogens is 184 g/mol. The summed E-state index contributed by atoms with van der Waals surface area (Å²) in [5, 5.41) is 34.1. The Morgan fingerprint density at radius 1 is 1.54 bits per heavy atom. The molecule has 0 rings (SSSR count). The number of aliphatic hydroxyl groups excluding tert-OH is 3. The van der Waals surface area contributed by atoms with E-state index in [4.69, 9.17) is 20.4 Å². The minimum Gasteiger partial charge on any atom is -0.420 e. The fourth-order valence-corrected chi connectivity index (χ4v) is 0.394. The topological polar surface area (TPSA) is 124 Å². The van der Waals surface area contributed by atoms with Gasteiger partial charge >= 0.3 is 11.8 Å². The molecule has 4 N–H and O–H groups in total. The molecule has 0 aliphatic rings. The van der Waals surface area contributed by atoms with Crippen LogP contribution in [0.1, 0.15) is 0 Å². The van der Waals surface area contributed by atoms with E-state index in [9.17, 15) is 9.59 Å². The van der Waals surface area contributed by atoms with Crippen molar-refractivity contribution in [2.24, 2.45) is 0 Å². The molecule has 75 valence electrons. The molecule has 0 fully saturated rings. The summed E-state index contributed by atoms with van der Waals surface area (Å²) in [5.41, 5.74) is 0. The number of carbonyl (C=O) groups is 1. The first-order valence-electron chi connectivity index (χ1n) is 3.23. The number of carbonyl (C=O) groups excluding carboxylic acids is 2. The summed E-state index contributed by atoms with van der Waals surface area (Å²) in [5.74, 6) is -4.21. The third-order valence-electron chi connectivity index (χ3n) is 1.09. The van der Waals surface area contributed by atoms with E-state index < -0.39 is 31.1 Å². The van der Waals surface area contributed by atoms with Crippen LogP contribution >= 0.6 is 0 Å². The van der Waals surface area contributed by atoms with Gasteiger partial charge in [-0.25, -0.2) is 4.79 Å². The van der Waals surface area contributed by atoms with Crippen LogP contribution in [0, 0.1) is 0 Å². The van der Waals surface area contributed by atoms with E-state index in [1.54, 1.807) is 0 Å². The average molecular weight is 193 g/mol. The first-order chi connectivity index (χ1) is 5.99. The Kier molecular flexibility index (Phi) is 4.49. The summed E-state index contributed by atoms with van der Waals surface area (Å²) < 4.78 is 3.92. The highest BCUT2D eigenvalue weighted by Gasteiger charge is 2.33. The molecule has 13 heavy (non-hydrogen) atoms. The maximum atomic E-state index is 10.6. The quantitative estimate of drug-likeness (QED) is 0.266. The molecule has 0 bridgehead atoms. The van der Waals surface area contributed by atoms with Crippen LogP contribution in [0.5, 0.6) is 0 Å². The van der Waals surface area contributed by atoms with Crippen molar-refractivity contribution in [2.75, 3.05) is 13.2 Å². The Morgan fingerprint density at radius 3 is 2.38 bits per heavy atom. The highest BCUT2D eigenvalue weighted by Crippen LogP contribution is 2.03. The molecule has 0 aliphatic carbocycles. The summed E-state index contributed by atoms with van der Waals surface area (Å²) in [6.07, 6.45) is -1.01. The van der Waals surface area contributed by atoms with Crippen molar-refractivity contribution >= 4 is 12.3 Å². The molecule has 0 aromatic heterocycles. The van der Waals surface area contributed by atoms with Crippen molar-refractivity contribution in [3.05, 3.63) is 0 Å². The Morgan fingerprint density at radius 2 is 2.08 bits per heavy atom. The molecule has 2 unspecified atom stereocenters. The number of hydrogen-bond acceptors (Lipinski definition) is 7. The molecule has 2 atom stereocenters. The number of hydrogen-bond donors (Lipinski definition) is 4. The minimum absolute atomic E-state index is 0.858. The van der Waals surface area contributed by atoms with Gasteiger partial charge in [-0.15, -0.1) is 0 Å². The van der Waals surface area contributed by atoms with Gasteiger partial charge in [0.25, 0.3) is 6.29 Å². The van der Waals surface area contributed by atoms with Crippen LogP contribution in [0.25, 0.3) is 0 Å². The monoisotopic (exact) mass is 193 g/mol. The molecule has 0 aromatic rings. The molecule has 0 heterocycles. The third-order valence-corrected chi connectivity index (χ3v) is 1.09. The van der Waals surface area contributed by atoms with E-state index in [-0.39, 0.29) is 0 Å². The Labute approximate surface area is 73.2 Å². The van der Waals surface area contributed by atoms with Gasteiger partial charge in [0.1, 0.15) is 6.61 Å². The Hall–Kier alpha value is -1.02. The summed E-state index contributed by atoms with van der Waals surface area (Å²) in [6, 6.07) is 0. The zero-order valence-corrected chi connectivity index (χ0v) is 6.51. The first kappa shape index (κ1) is 12.0. The van der Waals surface area contributed by atoms with Crippen LogP contribution in [0.4, 0.5) is 0 Å². The number of aliphatic hydroxyl groups is 4. The summed E-state index contributed by atoms with van der Waals surface area (Å²) in [4.78, 5) is 20.6. The number of ether oxygens (including phenoxy) is 1. The lowest BCUT2D eigenvalue weighted by molar-refractivity contribution is -0.203. The van der Waals surface area contributed by atoms with Crippen molar-refractivity contribution in [3.8, 4) is 0 Å². The van der Waals surface area contributed by atoms with Gasteiger partial charge in [0.2, 0.25) is 0 Å². The molecule has 0 aromatic carbocycles. The second-order valence-corrected chi connectivity index (χ2v) is 2.16. The van der Waals surface area contributed by atoms with Crippen molar-refractivity contribution in [1.29, 1.82) is 0 Å². The van der Waals surface area contributed by atoms with E-state index in [1.807, 2.05) is 0 Å². The van der Waals surface area contributed by atoms with Gasteiger partial charge in [0.05, 0.1) is 6.61 Å². The van der Waals surface area contributed by atoms with Crippen LogP contribution in [-0.4, -0.2) is 57.8 Å². The zero-order chi connectivity index (χ0) is 10.5. The van der Waals surface area contributed by atoms with Crippen molar-refractivity contribution in [2.45, 2.75) is 11.9 Å². The van der Waals surface area contributed by atoms with Crippen molar-refractivity contribution in [1.82, 2.24) is 0 Å².